The fraction of sp³-hybridized carbons (Fsp3) is 0.353. The van der Waals surface area contributed by atoms with Crippen LogP contribution in [0.15, 0.2) is 30.6 Å². The third kappa shape index (κ3) is 3.12. The number of ether oxygens (including phenoxy) is 2. The molecule has 0 spiro atoms. The summed E-state index contributed by atoms with van der Waals surface area (Å²) in [6, 6.07) is 5.44. The third-order valence-corrected chi connectivity index (χ3v) is 4.57. The zero-order valence-corrected chi connectivity index (χ0v) is 14.5. The van der Waals surface area contributed by atoms with Crippen LogP contribution in [0.4, 0.5) is 0 Å². The van der Waals surface area contributed by atoms with Crippen molar-refractivity contribution in [3.63, 3.8) is 0 Å². The zero-order chi connectivity index (χ0) is 17.2. The molecule has 130 valence electrons. The zero-order valence-electron chi connectivity index (χ0n) is 13.8. The minimum absolute atomic E-state index is 0.283. The summed E-state index contributed by atoms with van der Waals surface area (Å²) in [5, 5.41) is 12.2. The summed E-state index contributed by atoms with van der Waals surface area (Å²) in [5.41, 5.74) is 1.60. The second-order valence-corrected chi connectivity index (χ2v) is 6.33. The normalized spacial score (nSPS) is 15.4. The molecule has 0 amide bonds. The Morgan fingerprint density at radius 1 is 1.32 bits per heavy atom. The number of aromatic nitrogens is 5. The molecule has 1 saturated heterocycles. The first-order valence-corrected chi connectivity index (χ1v) is 8.52. The van der Waals surface area contributed by atoms with Gasteiger partial charge in [0.1, 0.15) is 11.4 Å². The molecule has 0 radical (unpaired) electrons. The van der Waals surface area contributed by atoms with E-state index < -0.39 is 0 Å². The van der Waals surface area contributed by atoms with Gasteiger partial charge in [-0.3, -0.25) is 5.10 Å². The fourth-order valence-corrected chi connectivity index (χ4v) is 3.18. The Bertz CT molecular complexity index is 856. The van der Waals surface area contributed by atoms with Gasteiger partial charge in [-0.2, -0.15) is 10.2 Å². The maximum atomic E-state index is 6.20. The molecule has 0 unspecified atom stereocenters. The predicted molar refractivity (Wildman–Crippen MR) is 93.3 cm³/mol. The van der Waals surface area contributed by atoms with E-state index in [0.717, 1.165) is 43.1 Å². The van der Waals surface area contributed by atoms with Crippen molar-refractivity contribution < 1.29 is 9.47 Å². The summed E-state index contributed by atoms with van der Waals surface area (Å²) >= 11 is 6.20. The lowest BCUT2D eigenvalue weighted by molar-refractivity contribution is 0.0836. The van der Waals surface area contributed by atoms with Gasteiger partial charge in [-0.25, -0.2) is 9.67 Å². The van der Waals surface area contributed by atoms with E-state index in [1.807, 2.05) is 12.1 Å². The number of methoxy groups -OCH3 is 1. The summed E-state index contributed by atoms with van der Waals surface area (Å²) in [6.07, 6.45) is 5.36. The van der Waals surface area contributed by atoms with Crippen LogP contribution in [-0.4, -0.2) is 45.3 Å². The van der Waals surface area contributed by atoms with E-state index in [0.29, 0.717) is 16.6 Å². The lowest BCUT2D eigenvalue weighted by Gasteiger charge is -2.18. The molecule has 3 aromatic rings. The third-order valence-electron chi connectivity index (χ3n) is 4.34. The molecular formula is C17H18ClN5O2. The van der Waals surface area contributed by atoms with Crippen LogP contribution in [0.2, 0.25) is 5.02 Å². The standard InChI is InChI=1S/C17H18ClN5O2/c1-24-15-3-2-13(18)8-14(15)23-17(12-9-19-20-10-12)21-16(22-23)11-4-6-25-7-5-11/h2-3,8-11H,4-7H2,1H3,(H,19,20). The summed E-state index contributed by atoms with van der Waals surface area (Å²) in [4.78, 5) is 4.80. The number of halogens is 1. The highest BCUT2D eigenvalue weighted by Gasteiger charge is 2.24. The first kappa shape index (κ1) is 16.1. The van der Waals surface area contributed by atoms with E-state index in [4.69, 9.17) is 31.2 Å². The molecule has 7 nitrogen and oxygen atoms in total. The second-order valence-electron chi connectivity index (χ2n) is 5.90. The number of aromatic amines is 1. The van der Waals surface area contributed by atoms with E-state index in [1.165, 1.54) is 0 Å². The van der Waals surface area contributed by atoms with Crippen LogP contribution in [0, 0.1) is 0 Å². The average molecular weight is 360 g/mol. The van der Waals surface area contributed by atoms with E-state index in [9.17, 15) is 0 Å². The highest BCUT2D eigenvalue weighted by Crippen LogP contribution is 2.32. The Kier molecular flexibility index (Phi) is 4.42. The Hall–Kier alpha value is -2.38. The molecule has 0 bridgehead atoms. The van der Waals surface area contributed by atoms with Crippen molar-refractivity contribution in [2.45, 2.75) is 18.8 Å². The number of rotatable bonds is 4. The first-order chi connectivity index (χ1) is 12.3. The molecule has 25 heavy (non-hydrogen) atoms. The SMILES string of the molecule is COc1ccc(Cl)cc1-n1nc(C2CCOCC2)nc1-c1cn[nH]c1. The van der Waals surface area contributed by atoms with E-state index >= 15 is 0 Å². The maximum Gasteiger partial charge on any atom is 0.166 e. The molecule has 1 fully saturated rings. The lowest BCUT2D eigenvalue weighted by atomic mass is 10.00. The van der Waals surface area contributed by atoms with E-state index in [1.54, 1.807) is 30.3 Å². The highest BCUT2D eigenvalue weighted by atomic mass is 35.5. The van der Waals surface area contributed by atoms with Gasteiger partial charge in [0, 0.05) is 30.4 Å². The van der Waals surface area contributed by atoms with Gasteiger partial charge in [-0.15, -0.1) is 0 Å². The van der Waals surface area contributed by atoms with Crippen LogP contribution >= 0.6 is 11.6 Å². The highest BCUT2D eigenvalue weighted by molar-refractivity contribution is 6.30. The van der Waals surface area contributed by atoms with Gasteiger partial charge < -0.3 is 9.47 Å². The number of nitrogens with zero attached hydrogens (tertiary/aromatic N) is 4. The molecule has 1 aliphatic heterocycles. The van der Waals surface area contributed by atoms with Gasteiger partial charge in [-0.1, -0.05) is 11.6 Å². The Balaban J connectivity index is 1.85. The van der Waals surface area contributed by atoms with Crippen molar-refractivity contribution in [1.29, 1.82) is 0 Å². The maximum absolute atomic E-state index is 6.20. The smallest absolute Gasteiger partial charge is 0.166 e. The number of hydrogen-bond acceptors (Lipinski definition) is 5. The molecule has 0 atom stereocenters. The summed E-state index contributed by atoms with van der Waals surface area (Å²) in [5.74, 6) is 2.47. The average Bonchev–Trinajstić information content (AvgIpc) is 3.32. The van der Waals surface area contributed by atoms with Crippen LogP contribution in [0.5, 0.6) is 5.75 Å². The van der Waals surface area contributed by atoms with Crippen LogP contribution in [0.1, 0.15) is 24.6 Å². The Labute approximate surface area is 149 Å². The Morgan fingerprint density at radius 3 is 2.88 bits per heavy atom. The summed E-state index contributed by atoms with van der Waals surface area (Å²) < 4.78 is 12.7. The van der Waals surface area contributed by atoms with Crippen molar-refractivity contribution in [2.75, 3.05) is 20.3 Å². The van der Waals surface area contributed by atoms with Gasteiger partial charge in [0.05, 0.1) is 18.9 Å². The quantitative estimate of drug-likeness (QED) is 0.773. The monoisotopic (exact) mass is 359 g/mol. The van der Waals surface area contributed by atoms with Crippen LogP contribution < -0.4 is 4.74 Å². The van der Waals surface area contributed by atoms with Gasteiger partial charge in [0.25, 0.3) is 0 Å². The molecule has 4 rings (SSSR count). The van der Waals surface area contributed by atoms with Crippen LogP contribution in [-0.2, 0) is 4.74 Å². The van der Waals surface area contributed by atoms with E-state index in [2.05, 4.69) is 10.2 Å². The number of H-pyrrole nitrogens is 1. The van der Waals surface area contributed by atoms with Gasteiger partial charge >= 0.3 is 0 Å². The van der Waals surface area contributed by atoms with Crippen molar-refractivity contribution in [3.8, 4) is 22.8 Å². The Morgan fingerprint density at radius 2 is 2.16 bits per heavy atom. The molecule has 2 aromatic heterocycles. The molecule has 0 saturated carbocycles. The minimum Gasteiger partial charge on any atom is -0.494 e. The molecule has 1 N–H and O–H groups in total. The number of benzene rings is 1. The van der Waals surface area contributed by atoms with Crippen molar-refractivity contribution in [2.24, 2.45) is 0 Å². The number of nitrogens with one attached hydrogen (secondary N) is 1. The lowest BCUT2D eigenvalue weighted by Crippen LogP contribution is -2.15. The molecule has 0 aliphatic carbocycles. The van der Waals surface area contributed by atoms with Gasteiger partial charge in [0.2, 0.25) is 0 Å². The molecule has 8 heteroatoms. The van der Waals surface area contributed by atoms with Crippen LogP contribution in [0.3, 0.4) is 0 Å². The molecule has 1 aliphatic rings. The largest absolute Gasteiger partial charge is 0.494 e. The fourth-order valence-electron chi connectivity index (χ4n) is 3.01. The van der Waals surface area contributed by atoms with E-state index in [-0.39, 0.29) is 5.92 Å². The van der Waals surface area contributed by atoms with Gasteiger partial charge in [0.15, 0.2) is 11.6 Å². The number of hydrogen-bond donors (Lipinski definition) is 1. The summed E-state index contributed by atoms with van der Waals surface area (Å²) in [7, 11) is 1.63. The first-order valence-electron chi connectivity index (χ1n) is 8.14. The predicted octanol–water partition coefficient (Wildman–Crippen LogP) is 3.21. The summed E-state index contributed by atoms with van der Waals surface area (Å²) in [6.45, 7) is 1.47. The minimum atomic E-state index is 0.283. The van der Waals surface area contributed by atoms with Crippen molar-refractivity contribution >= 4 is 11.6 Å². The van der Waals surface area contributed by atoms with Crippen molar-refractivity contribution in [3.05, 3.63) is 41.4 Å². The molecular weight excluding hydrogens is 342 g/mol. The van der Waals surface area contributed by atoms with Gasteiger partial charge in [-0.05, 0) is 31.0 Å². The van der Waals surface area contributed by atoms with Crippen LogP contribution in [0.25, 0.3) is 17.1 Å². The molecule has 1 aromatic carbocycles. The topological polar surface area (TPSA) is 77.8 Å². The second kappa shape index (κ2) is 6.85. The van der Waals surface area contributed by atoms with Crippen molar-refractivity contribution in [1.82, 2.24) is 25.0 Å². The molecule has 3 heterocycles.